The Morgan fingerprint density at radius 3 is 2.40 bits per heavy atom. The SMILES string of the molecule is CC(=O)O[C@@H]1C(=O)C=C[C@@]2(CCN3C(=O)c4ccccc4C3=O)OC/C(=C(\C)Br)[C@@H]12. The van der Waals surface area contributed by atoms with Crippen molar-refractivity contribution in [2.75, 3.05) is 13.2 Å². The zero-order valence-electron chi connectivity index (χ0n) is 16.5. The summed E-state index contributed by atoms with van der Waals surface area (Å²) < 4.78 is 12.3. The second-order valence-corrected chi connectivity index (χ2v) is 8.79. The molecule has 1 aromatic rings. The Hall–Kier alpha value is -2.58. The van der Waals surface area contributed by atoms with E-state index in [1.807, 2.05) is 6.92 Å². The number of benzene rings is 1. The number of rotatable bonds is 4. The molecule has 3 atom stereocenters. The molecule has 30 heavy (non-hydrogen) atoms. The number of ketones is 1. The van der Waals surface area contributed by atoms with Crippen molar-refractivity contribution in [3.8, 4) is 0 Å². The fourth-order valence-corrected chi connectivity index (χ4v) is 4.78. The van der Waals surface area contributed by atoms with Crippen LogP contribution in [0.1, 0.15) is 41.0 Å². The van der Waals surface area contributed by atoms with Gasteiger partial charge >= 0.3 is 5.97 Å². The maximum atomic E-state index is 12.7. The molecule has 1 saturated heterocycles. The number of hydrogen-bond donors (Lipinski definition) is 0. The maximum Gasteiger partial charge on any atom is 0.303 e. The second-order valence-electron chi connectivity index (χ2n) is 7.60. The summed E-state index contributed by atoms with van der Waals surface area (Å²) >= 11 is 3.46. The zero-order chi connectivity index (χ0) is 21.6. The first-order chi connectivity index (χ1) is 14.2. The molecule has 0 spiro atoms. The first kappa shape index (κ1) is 20.7. The second kappa shape index (κ2) is 7.59. The molecule has 0 unspecified atom stereocenters. The van der Waals surface area contributed by atoms with E-state index in [1.165, 1.54) is 17.9 Å². The Morgan fingerprint density at radius 2 is 1.83 bits per heavy atom. The topological polar surface area (TPSA) is 90.0 Å². The minimum absolute atomic E-state index is 0.114. The summed E-state index contributed by atoms with van der Waals surface area (Å²) in [5, 5.41) is 0. The molecule has 2 aliphatic heterocycles. The van der Waals surface area contributed by atoms with Gasteiger partial charge in [0.05, 0.1) is 29.3 Å². The first-order valence-electron chi connectivity index (χ1n) is 9.60. The monoisotopic (exact) mass is 473 g/mol. The van der Waals surface area contributed by atoms with Crippen LogP contribution < -0.4 is 0 Å². The van der Waals surface area contributed by atoms with Gasteiger partial charge in [0.1, 0.15) is 0 Å². The van der Waals surface area contributed by atoms with Gasteiger partial charge in [-0.3, -0.25) is 24.1 Å². The van der Waals surface area contributed by atoms with E-state index in [9.17, 15) is 19.2 Å². The van der Waals surface area contributed by atoms with Gasteiger partial charge in [0.15, 0.2) is 11.9 Å². The number of allylic oxidation sites excluding steroid dienone is 1. The average molecular weight is 474 g/mol. The zero-order valence-corrected chi connectivity index (χ0v) is 18.1. The van der Waals surface area contributed by atoms with E-state index < -0.39 is 23.6 Å². The van der Waals surface area contributed by atoms with Crippen LogP contribution >= 0.6 is 15.9 Å². The van der Waals surface area contributed by atoms with E-state index in [0.717, 1.165) is 10.1 Å². The Balaban J connectivity index is 1.64. The molecular weight excluding hydrogens is 454 g/mol. The smallest absolute Gasteiger partial charge is 0.303 e. The number of carbonyl (C=O) groups is 4. The minimum Gasteiger partial charge on any atom is -0.453 e. The van der Waals surface area contributed by atoms with Crippen molar-refractivity contribution in [1.82, 2.24) is 4.90 Å². The van der Waals surface area contributed by atoms with Gasteiger partial charge in [-0.05, 0) is 47.7 Å². The molecule has 8 heteroatoms. The molecule has 2 heterocycles. The standard InChI is InChI=1S/C22H20BrNO6/c1-12(23)16-11-29-22(8-7-17(26)19(18(16)22)30-13(2)25)9-10-24-20(27)14-5-3-4-6-15(14)21(24)28/h3-8,18-19H,9-11H2,1-2H3/b16-12-/t18-,19+,22-/m0/s1. The van der Waals surface area contributed by atoms with Gasteiger partial charge in [-0.15, -0.1) is 0 Å². The predicted molar refractivity (Wildman–Crippen MR) is 110 cm³/mol. The summed E-state index contributed by atoms with van der Waals surface area (Å²) in [7, 11) is 0. The Kier molecular flexibility index (Phi) is 5.23. The quantitative estimate of drug-likeness (QED) is 0.493. The van der Waals surface area contributed by atoms with Crippen molar-refractivity contribution >= 4 is 39.5 Å². The van der Waals surface area contributed by atoms with E-state index in [-0.39, 0.29) is 37.2 Å². The van der Waals surface area contributed by atoms with E-state index >= 15 is 0 Å². The van der Waals surface area contributed by atoms with Crippen LogP contribution in [0, 0.1) is 5.92 Å². The third-order valence-electron chi connectivity index (χ3n) is 5.85. The van der Waals surface area contributed by atoms with Crippen molar-refractivity contribution in [2.45, 2.75) is 32.0 Å². The number of imide groups is 1. The van der Waals surface area contributed by atoms with Crippen LogP contribution in [0.3, 0.4) is 0 Å². The molecule has 3 aliphatic rings. The molecule has 1 aliphatic carbocycles. The Bertz CT molecular complexity index is 989. The summed E-state index contributed by atoms with van der Waals surface area (Å²) in [4.78, 5) is 50.8. The highest BCUT2D eigenvalue weighted by Crippen LogP contribution is 2.47. The molecule has 0 N–H and O–H groups in total. The summed E-state index contributed by atoms with van der Waals surface area (Å²) in [6, 6.07) is 6.70. The third-order valence-corrected chi connectivity index (χ3v) is 6.36. The highest BCUT2D eigenvalue weighted by molar-refractivity contribution is 9.11. The van der Waals surface area contributed by atoms with Gasteiger partial charge in [0, 0.05) is 13.5 Å². The first-order valence-corrected chi connectivity index (χ1v) is 10.4. The van der Waals surface area contributed by atoms with Gasteiger partial charge in [-0.1, -0.05) is 28.1 Å². The molecule has 1 fully saturated rings. The van der Waals surface area contributed by atoms with Gasteiger partial charge < -0.3 is 9.47 Å². The summed E-state index contributed by atoms with van der Waals surface area (Å²) in [6.45, 7) is 3.46. The lowest BCUT2D eigenvalue weighted by Crippen LogP contribution is -2.50. The van der Waals surface area contributed by atoms with Gasteiger partial charge in [-0.25, -0.2) is 0 Å². The molecule has 1 aromatic carbocycles. The van der Waals surface area contributed by atoms with Crippen LogP contribution in [0.25, 0.3) is 0 Å². The molecule has 156 valence electrons. The van der Waals surface area contributed by atoms with E-state index in [0.29, 0.717) is 11.1 Å². The molecule has 2 amide bonds. The largest absolute Gasteiger partial charge is 0.453 e. The molecule has 4 rings (SSSR count). The van der Waals surface area contributed by atoms with Crippen molar-refractivity contribution < 1.29 is 28.7 Å². The third kappa shape index (κ3) is 3.24. The molecule has 7 nitrogen and oxygen atoms in total. The van der Waals surface area contributed by atoms with Crippen LogP contribution in [0.4, 0.5) is 0 Å². The van der Waals surface area contributed by atoms with E-state index in [1.54, 1.807) is 30.3 Å². The van der Waals surface area contributed by atoms with Crippen LogP contribution in [0.5, 0.6) is 0 Å². The lowest BCUT2D eigenvalue weighted by atomic mass is 9.73. The van der Waals surface area contributed by atoms with Crippen LogP contribution in [-0.4, -0.2) is 53.3 Å². The van der Waals surface area contributed by atoms with Crippen molar-refractivity contribution in [2.24, 2.45) is 5.92 Å². The molecule has 0 radical (unpaired) electrons. The van der Waals surface area contributed by atoms with Crippen molar-refractivity contribution in [3.05, 3.63) is 57.6 Å². The fourth-order valence-electron chi connectivity index (χ4n) is 4.42. The number of ether oxygens (including phenoxy) is 2. The molecule has 0 saturated carbocycles. The Morgan fingerprint density at radius 1 is 1.20 bits per heavy atom. The molecule has 0 bridgehead atoms. The lowest BCUT2D eigenvalue weighted by Gasteiger charge is -2.38. The van der Waals surface area contributed by atoms with Crippen LogP contribution in [-0.2, 0) is 19.1 Å². The summed E-state index contributed by atoms with van der Waals surface area (Å²) in [5.41, 5.74) is 0.621. The summed E-state index contributed by atoms with van der Waals surface area (Å²) in [5.74, 6) is -2.10. The normalized spacial score (nSPS) is 29.2. The average Bonchev–Trinajstić information content (AvgIpc) is 3.20. The number of nitrogens with zero attached hydrogens (tertiary/aromatic N) is 1. The summed E-state index contributed by atoms with van der Waals surface area (Å²) in [6.07, 6.45) is 2.29. The van der Waals surface area contributed by atoms with Crippen molar-refractivity contribution in [1.29, 1.82) is 0 Å². The van der Waals surface area contributed by atoms with Crippen LogP contribution in [0.2, 0.25) is 0 Å². The fraction of sp³-hybridized carbons (Fsp3) is 0.364. The highest BCUT2D eigenvalue weighted by Gasteiger charge is 2.55. The van der Waals surface area contributed by atoms with E-state index in [4.69, 9.17) is 9.47 Å². The number of fused-ring (bicyclic) bond motifs is 2. The van der Waals surface area contributed by atoms with Gasteiger partial charge in [-0.2, -0.15) is 0 Å². The lowest BCUT2D eigenvalue weighted by molar-refractivity contribution is -0.158. The maximum absolute atomic E-state index is 12.7. The number of esters is 1. The Labute approximate surface area is 181 Å². The highest BCUT2D eigenvalue weighted by atomic mass is 79.9. The van der Waals surface area contributed by atoms with Crippen molar-refractivity contribution in [3.63, 3.8) is 0 Å². The number of hydrogen-bond acceptors (Lipinski definition) is 6. The number of carbonyl (C=O) groups excluding carboxylic acids is 4. The van der Waals surface area contributed by atoms with E-state index in [2.05, 4.69) is 15.9 Å². The van der Waals surface area contributed by atoms with Gasteiger partial charge in [0.2, 0.25) is 0 Å². The molecule has 0 aromatic heterocycles. The number of halogens is 1. The minimum atomic E-state index is -1.01. The van der Waals surface area contributed by atoms with Gasteiger partial charge in [0.25, 0.3) is 11.8 Å². The number of amides is 2. The van der Waals surface area contributed by atoms with Crippen LogP contribution in [0.15, 0.2) is 46.5 Å². The predicted octanol–water partition coefficient (Wildman–Crippen LogP) is 2.80. The molecular formula is C22H20BrNO6.